The van der Waals surface area contributed by atoms with Crippen LogP contribution in [0.25, 0.3) is 5.76 Å². The van der Waals surface area contributed by atoms with Crippen LogP contribution >= 0.6 is 0 Å². The molecule has 1 aliphatic rings. The SMILES string of the molecule is Cc1cc(/C(O)=C2/C(=O)C(=O)N(CCN(C)C)C2c2ccc(N(C)C)cc2)ccc1OCC(C)C. The smallest absolute Gasteiger partial charge is 0.295 e. The molecule has 0 saturated carbocycles. The molecular weight excluding hydrogens is 442 g/mol. The van der Waals surface area contributed by atoms with Gasteiger partial charge in [0, 0.05) is 38.4 Å². The Labute approximate surface area is 208 Å². The minimum absolute atomic E-state index is 0.113. The van der Waals surface area contributed by atoms with E-state index in [1.807, 2.05) is 69.2 Å². The second kappa shape index (κ2) is 11.0. The van der Waals surface area contributed by atoms with E-state index < -0.39 is 17.7 Å². The molecule has 0 aromatic heterocycles. The van der Waals surface area contributed by atoms with Crippen molar-refractivity contribution in [2.24, 2.45) is 5.92 Å². The maximum absolute atomic E-state index is 13.2. The summed E-state index contributed by atoms with van der Waals surface area (Å²) in [5.41, 5.74) is 3.24. The van der Waals surface area contributed by atoms with Gasteiger partial charge in [-0.05, 0) is 68.4 Å². The van der Waals surface area contributed by atoms with E-state index in [-0.39, 0.29) is 11.3 Å². The van der Waals surface area contributed by atoms with Gasteiger partial charge in [-0.15, -0.1) is 0 Å². The first-order valence-corrected chi connectivity index (χ1v) is 12.0. The number of anilines is 1. The zero-order valence-electron chi connectivity index (χ0n) is 21.8. The molecule has 1 N–H and O–H groups in total. The van der Waals surface area contributed by atoms with Crippen LogP contribution in [0.4, 0.5) is 5.69 Å². The zero-order chi connectivity index (χ0) is 25.9. The maximum atomic E-state index is 13.2. The quantitative estimate of drug-likeness (QED) is 0.332. The standard InChI is InChI=1S/C28H37N3O4/c1-18(2)17-35-23-13-10-21(16-19(23)3)26(32)24-25(20-8-11-22(12-9-20)30(6)7)31(15-14-29(4)5)28(34)27(24)33/h8-13,16,18,25,32H,14-15,17H2,1-7H3/b26-24-. The summed E-state index contributed by atoms with van der Waals surface area (Å²) >= 11 is 0. The predicted octanol–water partition coefficient (Wildman–Crippen LogP) is 4.08. The molecule has 0 bridgehead atoms. The number of rotatable bonds is 9. The lowest BCUT2D eigenvalue weighted by Crippen LogP contribution is -2.35. The van der Waals surface area contributed by atoms with Crippen molar-refractivity contribution in [1.29, 1.82) is 0 Å². The molecule has 1 saturated heterocycles. The van der Waals surface area contributed by atoms with Gasteiger partial charge in [0.05, 0.1) is 18.2 Å². The van der Waals surface area contributed by atoms with Gasteiger partial charge in [0.15, 0.2) is 0 Å². The average molecular weight is 480 g/mol. The van der Waals surface area contributed by atoms with Crippen molar-refractivity contribution in [3.63, 3.8) is 0 Å². The number of carbonyl (C=O) groups excluding carboxylic acids is 2. The van der Waals surface area contributed by atoms with Crippen LogP contribution in [0.1, 0.15) is 36.6 Å². The van der Waals surface area contributed by atoms with Crippen molar-refractivity contribution in [2.75, 3.05) is 52.8 Å². The van der Waals surface area contributed by atoms with E-state index >= 15 is 0 Å². The van der Waals surface area contributed by atoms with Crippen LogP contribution in [0.5, 0.6) is 5.75 Å². The van der Waals surface area contributed by atoms with Gasteiger partial charge in [0.1, 0.15) is 11.5 Å². The van der Waals surface area contributed by atoms with Crippen LogP contribution in [0.15, 0.2) is 48.0 Å². The molecule has 1 atom stereocenters. The van der Waals surface area contributed by atoms with Gasteiger partial charge < -0.3 is 24.5 Å². The third kappa shape index (κ3) is 5.85. The number of hydrogen-bond acceptors (Lipinski definition) is 6. The first-order chi connectivity index (χ1) is 16.5. The van der Waals surface area contributed by atoms with Gasteiger partial charge in [-0.2, -0.15) is 0 Å². The minimum atomic E-state index is -0.666. The first-order valence-electron chi connectivity index (χ1n) is 12.0. The van der Waals surface area contributed by atoms with Crippen molar-refractivity contribution in [3.8, 4) is 5.75 Å². The molecule has 1 aliphatic heterocycles. The molecule has 7 heteroatoms. The summed E-state index contributed by atoms with van der Waals surface area (Å²) in [6, 6.07) is 12.4. The summed E-state index contributed by atoms with van der Waals surface area (Å²) in [6.07, 6.45) is 0. The summed E-state index contributed by atoms with van der Waals surface area (Å²) < 4.78 is 5.85. The highest BCUT2D eigenvalue weighted by molar-refractivity contribution is 6.46. The Morgan fingerprint density at radius 3 is 2.26 bits per heavy atom. The van der Waals surface area contributed by atoms with Crippen LogP contribution in [0.2, 0.25) is 0 Å². The van der Waals surface area contributed by atoms with Crippen LogP contribution in [-0.2, 0) is 9.59 Å². The number of aliphatic hydroxyl groups excluding tert-OH is 1. The number of benzene rings is 2. The highest BCUT2D eigenvalue weighted by Gasteiger charge is 2.45. The molecule has 1 amide bonds. The molecular formula is C28H37N3O4. The Balaban J connectivity index is 2.07. The van der Waals surface area contributed by atoms with E-state index in [2.05, 4.69) is 13.8 Å². The number of nitrogens with zero attached hydrogens (tertiary/aromatic N) is 3. The van der Waals surface area contributed by atoms with Gasteiger partial charge in [-0.1, -0.05) is 26.0 Å². The molecule has 0 radical (unpaired) electrons. The minimum Gasteiger partial charge on any atom is -0.507 e. The largest absolute Gasteiger partial charge is 0.507 e. The van der Waals surface area contributed by atoms with E-state index in [9.17, 15) is 14.7 Å². The molecule has 1 heterocycles. The number of amides is 1. The lowest BCUT2D eigenvalue weighted by atomic mass is 9.94. The number of likely N-dealkylation sites (N-methyl/N-ethyl adjacent to an activating group) is 1. The van der Waals surface area contributed by atoms with Gasteiger partial charge in [0.25, 0.3) is 11.7 Å². The van der Waals surface area contributed by atoms with E-state index in [0.29, 0.717) is 31.2 Å². The Hall–Kier alpha value is -3.32. The summed E-state index contributed by atoms with van der Waals surface area (Å²) in [6.45, 7) is 7.62. The normalized spacial score (nSPS) is 17.5. The number of ketones is 1. The van der Waals surface area contributed by atoms with E-state index in [4.69, 9.17) is 4.74 Å². The number of aliphatic hydroxyl groups is 1. The van der Waals surface area contributed by atoms with Crippen LogP contribution in [-0.4, -0.2) is 74.5 Å². The lowest BCUT2D eigenvalue weighted by molar-refractivity contribution is -0.140. The van der Waals surface area contributed by atoms with E-state index in [1.54, 1.807) is 23.1 Å². The Bertz CT molecular complexity index is 1100. The molecule has 2 aromatic rings. The van der Waals surface area contributed by atoms with Gasteiger partial charge >= 0.3 is 0 Å². The monoisotopic (exact) mass is 479 g/mol. The zero-order valence-corrected chi connectivity index (χ0v) is 21.8. The molecule has 188 valence electrons. The second-order valence-corrected chi connectivity index (χ2v) is 9.97. The molecule has 1 unspecified atom stereocenters. The Kier molecular flexibility index (Phi) is 8.22. The average Bonchev–Trinajstić information content (AvgIpc) is 3.06. The summed E-state index contributed by atoms with van der Waals surface area (Å²) in [7, 11) is 7.75. The lowest BCUT2D eigenvalue weighted by Gasteiger charge is -2.27. The third-order valence-corrected chi connectivity index (χ3v) is 6.07. The fraction of sp³-hybridized carbons (Fsp3) is 0.429. The number of aryl methyl sites for hydroxylation is 1. The molecule has 3 rings (SSSR count). The molecule has 1 fully saturated rings. The highest BCUT2D eigenvalue weighted by atomic mass is 16.5. The van der Waals surface area contributed by atoms with Crippen molar-refractivity contribution in [2.45, 2.75) is 26.8 Å². The van der Waals surface area contributed by atoms with Crippen LogP contribution in [0, 0.1) is 12.8 Å². The maximum Gasteiger partial charge on any atom is 0.295 e. The summed E-state index contributed by atoms with van der Waals surface area (Å²) in [4.78, 5) is 31.8. The predicted molar refractivity (Wildman–Crippen MR) is 140 cm³/mol. The van der Waals surface area contributed by atoms with Gasteiger partial charge in [0.2, 0.25) is 0 Å². The van der Waals surface area contributed by atoms with E-state index in [0.717, 1.165) is 22.6 Å². The van der Waals surface area contributed by atoms with Gasteiger partial charge in [-0.3, -0.25) is 9.59 Å². The van der Waals surface area contributed by atoms with Crippen molar-refractivity contribution in [3.05, 3.63) is 64.7 Å². The van der Waals surface area contributed by atoms with E-state index in [1.165, 1.54) is 0 Å². The Morgan fingerprint density at radius 2 is 1.71 bits per heavy atom. The topological polar surface area (TPSA) is 73.3 Å². The van der Waals surface area contributed by atoms with Crippen LogP contribution < -0.4 is 9.64 Å². The fourth-order valence-corrected chi connectivity index (χ4v) is 4.09. The van der Waals surface area contributed by atoms with Crippen molar-refractivity contribution >= 4 is 23.1 Å². The first kappa shape index (κ1) is 26.3. The van der Waals surface area contributed by atoms with Gasteiger partial charge in [-0.25, -0.2) is 0 Å². The highest BCUT2D eigenvalue weighted by Crippen LogP contribution is 2.40. The number of Topliss-reactive ketones (excluding diaryl/α,β-unsaturated/α-hetero) is 1. The molecule has 2 aromatic carbocycles. The molecule has 0 aliphatic carbocycles. The number of hydrogen-bond donors (Lipinski definition) is 1. The number of carbonyl (C=O) groups is 2. The third-order valence-electron chi connectivity index (χ3n) is 6.07. The summed E-state index contributed by atoms with van der Waals surface area (Å²) in [5, 5.41) is 11.3. The second-order valence-electron chi connectivity index (χ2n) is 9.97. The number of likely N-dealkylation sites (tertiary alicyclic amines) is 1. The molecule has 35 heavy (non-hydrogen) atoms. The Morgan fingerprint density at radius 1 is 1.06 bits per heavy atom. The fourth-order valence-electron chi connectivity index (χ4n) is 4.09. The number of ether oxygens (including phenoxy) is 1. The van der Waals surface area contributed by atoms with Crippen molar-refractivity contribution in [1.82, 2.24) is 9.80 Å². The van der Waals surface area contributed by atoms with Crippen molar-refractivity contribution < 1.29 is 19.4 Å². The van der Waals surface area contributed by atoms with Crippen LogP contribution in [0.3, 0.4) is 0 Å². The molecule has 0 spiro atoms. The summed E-state index contributed by atoms with van der Waals surface area (Å²) in [5.74, 6) is -0.308. The molecule has 7 nitrogen and oxygen atoms in total.